The summed E-state index contributed by atoms with van der Waals surface area (Å²) in [6, 6.07) is 16.9. The molecule has 1 aromatic heterocycles. The first kappa shape index (κ1) is 58.3. The van der Waals surface area contributed by atoms with Crippen molar-refractivity contribution in [1.82, 2.24) is 14.2 Å². The van der Waals surface area contributed by atoms with E-state index in [4.69, 9.17) is 16.3 Å². The predicted molar refractivity (Wildman–Crippen MR) is 256 cm³/mol. The molecule has 10 heteroatoms. The number of benzene rings is 2. The van der Waals surface area contributed by atoms with Crippen molar-refractivity contribution in [2.24, 2.45) is 35.3 Å². The largest absolute Gasteiger partial charge is 0.370 e. The number of nitrogens with one attached hydrogen (secondary N) is 1. The number of carbonyl (C=O) groups is 3. The van der Waals surface area contributed by atoms with Crippen LogP contribution in [-0.2, 0) is 32.4 Å². The van der Waals surface area contributed by atoms with E-state index in [1.54, 1.807) is 6.08 Å². The van der Waals surface area contributed by atoms with Crippen LogP contribution in [0, 0.1) is 42.4 Å². The van der Waals surface area contributed by atoms with E-state index in [0.29, 0.717) is 17.6 Å². The van der Waals surface area contributed by atoms with Crippen LogP contribution in [0.3, 0.4) is 0 Å². The lowest BCUT2D eigenvalue weighted by Gasteiger charge is -2.30. The Labute approximate surface area is 361 Å². The molecule has 5 N–H and O–H groups in total. The third kappa shape index (κ3) is 26.5. The minimum atomic E-state index is -0.857. The van der Waals surface area contributed by atoms with Crippen LogP contribution in [0.15, 0.2) is 85.7 Å². The quantitative estimate of drug-likeness (QED) is 0.112. The van der Waals surface area contributed by atoms with Gasteiger partial charge in [-0.3, -0.25) is 9.59 Å². The molecule has 59 heavy (non-hydrogen) atoms. The Hall–Kier alpha value is -5.06. The highest BCUT2D eigenvalue weighted by atomic mass is 32.2. The number of carbonyl (C=O) groups excluding carboxylic acids is 3. The summed E-state index contributed by atoms with van der Waals surface area (Å²) >= 11 is 0. The Bertz CT molecular complexity index is 1720. The Morgan fingerprint density at radius 2 is 1.27 bits per heavy atom. The van der Waals surface area contributed by atoms with E-state index in [1.807, 2.05) is 27.7 Å². The molecule has 328 valence electrons. The maximum absolute atomic E-state index is 11.3. The number of hydrogen-bond donors (Lipinski definition) is 3. The van der Waals surface area contributed by atoms with E-state index >= 15 is 0 Å². The van der Waals surface area contributed by atoms with Crippen molar-refractivity contribution in [2.75, 3.05) is 6.54 Å². The molecule has 5 rings (SSSR count). The zero-order valence-corrected chi connectivity index (χ0v) is 39.0. The number of hydrogen-bond acceptors (Lipinski definition) is 5. The topological polar surface area (TPSA) is 141 Å². The van der Waals surface area contributed by atoms with Gasteiger partial charge in [0.25, 0.3) is 0 Å². The summed E-state index contributed by atoms with van der Waals surface area (Å²) < 4.78 is 16.5. The second-order valence-electron chi connectivity index (χ2n) is 16.8. The summed E-state index contributed by atoms with van der Waals surface area (Å²) in [5.41, 5.74) is 15.1. The number of nitrogens with zero attached hydrogens (tertiary/aromatic N) is 2. The van der Waals surface area contributed by atoms with Crippen LogP contribution in [-0.4, -0.2) is 49.6 Å². The van der Waals surface area contributed by atoms with Crippen molar-refractivity contribution in [3.05, 3.63) is 85.7 Å². The van der Waals surface area contributed by atoms with Crippen molar-refractivity contribution < 1.29 is 18.6 Å². The van der Waals surface area contributed by atoms with Crippen LogP contribution in [0.5, 0.6) is 0 Å². The number of rotatable bonds is 9. The molecule has 0 radical (unpaired) electrons. The van der Waals surface area contributed by atoms with Crippen molar-refractivity contribution >= 4 is 50.9 Å². The first-order valence-corrected chi connectivity index (χ1v) is 21.2. The minimum Gasteiger partial charge on any atom is -0.370 e. The van der Waals surface area contributed by atoms with Gasteiger partial charge in [0.05, 0.1) is 5.25 Å². The van der Waals surface area contributed by atoms with E-state index < -0.39 is 11.0 Å². The number of para-hydroxylation sites is 2. The molecule has 1 aliphatic carbocycles. The molecule has 2 aliphatic rings. The van der Waals surface area contributed by atoms with Crippen LogP contribution in [0.25, 0.3) is 21.8 Å². The Morgan fingerprint density at radius 3 is 1.59 bits per heavy atom. The van der Waals surface area contributed by atoms with E-state index in [9.17, 15) is 13.8 Å². The fourth-order valence-corrected chi connectivity index (χ4v) is 6.94. The van der Waals surface area contributed by atoms with Gasteiger partial charge in [-0.2, -0.15) is 0 Å². The summed E-state index contributed by atoms with van der Waals surface area (Å²) in [4.78, 5) is 32.3. The SMILES string of the molecule is C#C.C#C.C=C(CC(C)(C)C)N1CCC[C@H]1C(N)=O.C=C(CC(C)C)NS(=O)C1CC1.C=CC.CC(C)(C)CC(N)=O.CC=O.Cn1c2ccccc2c2ccccc21. The molecule has 1 aliphatic heterocycles. The number of nitrogens with two attached hydrogens (primary N) is 2. The van der Waals surface area contributed by atoms with E-state index in [-0.39, 0.29) is 28.7 Å². The number of likely N-dealkylation sites (tertiary alicyclic amines) is 1. The van der Waals surface area contributed by atoms with Crippen LogP contribution >= 0.6 is 0 Å². The minimum absolute atomic E-state index is 0.0475. The number of primary amides is 2. The van der Waals surface area contributed by atoms with Gasteiger partial charge in [0.2, 0.25) is 11.8 Å². The number of aryl methyl sites for hydroxylation is 1. The number of fused-ring (bicyclic) bond motifs is 3. The lowest BCUT2D eigenvalue weighted by atomic mass is 9.90. The van der Waals surface area contributed by atoms with Gasteiger partial charge in [-0.25, -0.2) is 4.21 Å². The molecule has 2 fully saturated rings. The zero-order chi connectivity index (χ0) is 46.5. The van der Waals surface area contributed by atoms with Gasteiger partial charge >= 0.3 is 0 Å². The highest BCUT2D eigenvalue weighted by Gasteiger charge is 2.31. The third-order valence-electron chi connectivity index (χ3n) is 7.97. The maximum Gasteiger partial charge on any atom is 0.240 e. The van der Waals surface area contributed by atoms with Gasteiger partial charge in [0.15, 0.2) is 0 Å². The predicted octanol–water partition coefficient (Wildman–Crippen LogP) is 9.98. The molecule has 1 unspecified atom stereocenters. The Kier molecular flexibility index (Phi) is 30.6. The molecule has 1 saturated carbocycles. The molecule has 1 saturated heterocycles. The smallest absolute Gasteiger partial charge is 0.240 e. The van der Waals surface area contributed by atoms with Gasteiger partial charge in [0.1, 0.15) is 23.3 Å². The number of amides is 2. The number of aldehydes is 1. The maximum atomic E-state index is 11.3. The summed E-state index contributed by atoms with van der Waals surface area (Å²) in [5.74, 6) is 0.140. The first-order valence-electron chi connectivity index (χ1n) is 20.0. The van der Waals surface area contributed by atoms with E-state index in [2.05, 4.69) is 150 Å². The Balaban J connectivity index is -0.000000670. The second-order valence-corrected chi connectivity index (χ2v) is 18.3. The molecule has 2 amide bonds. The molecule has 9 nitrogen and oxygen atoms in total. The number of terminal acetylenes is 2. The lowest BCUT2D eigenvalue weighted by molar-refractivity contribution is -0.122. The first-order chi connectivity index (χ1) is 27.5. The van der Waals surface area contributed by atoms with Crippen LogP contribution in [0.1, 0.15) is 114 Å². The van der Waals surface area contributed by atoms with Crippen LogP contribution in [0.2, 0.25) is 0 Å². The van der Waals surface area contributed by atoms with Crippen LogP contribution < -0.4 is 16.2 Å². The van der Waals surface area contributed by atoms with Crippen molar-refractivity contribution in [1.29, 1.82) is 0 Å². The molecule has 0 bridgehead atoms. The summed E-state index contributed by atoms with van der Waals surface area (Å²) in [7, 11) is 1.26. The van der Waals surface area contributed by atoms with Crippen LogP contribution in [0.4, 0.5) is 0 Å². The van der Waals surface area contributed by atoms with Crippen molar-refractivity contribution in [3.8, 4) is 25.7 Å². The number of aromatic nitrogens is 1. The Morgan fingerprint density at radius 1 is 0.864 bits per heavy atom. The molecule has 0 spiro atoms. The fourth-order valence-electron chi connectivity index (χ4n) is 5.84. The fraction of sp³-hybridized carbons (Fsp3) is 0.490. The normalized spacial score (nSPS) is 14.2. The molecular formula is C49H77N5O4S. The second kappa shape index (κ2) is 30.9. The lowest BCUT2D eigenvalue weighted by Crippen LogP contribution is -2.40. The van der Waals surface area contributed by atoms with E-state index in [1.165, 1.54) is 28.7 Å². The van der Waals surface area contributed by atoms with E-state index in [0.717, 1.165) is 62.7 Å². The average molecular weight is 832 g/mol. The van der Waals surface area contributed by atoms with Gasteiger partial charge < -0.3 is 30.5 Å². The van der Waals surface area contributed by atoms with Gasteiger partial charge in [-0.05, 0) is 81.3 Å². The summed E-state index contributed by atoms with van der Waals surface area (Å²) in [5, 5.41) is 3.07. The standard InChI is InChI=1S/C13H11N.C12H22N2O.C9H17NOS.C6H13NO.C3H6.C2H4O.2C2H2/c1-14-12-8-4-2-6-10(12)11-7-3-5-9-13(11)14;1-9(8-12(2,3)4)14-7-5-6-10(14)11(13)15;1-7(2)6-8(3)10-12(11)9-4-5-9;1-6(2,3)4-5(7)8;1-3-2;1-2-3;2*1-2/h2-9H,1H3;10H,1,5-8H2,2-4H3,(H2,13,15);7,9-10H,3-6H2,1-2H3;4H2,1-3H3,(H2,7,8);3H,1H2,2H3;2H,1H3;2*1-2H/t;10-;;;;;;/m.0....../s1. The summed E-state index contributed by atoms with van der Waals surface area (Å²) in [6.45, 7) is 32.3. The van der Waals surface area contributed by atoms with Gasteiger partial charge in [-0.1, -0.05) is 111 Å². The molecule has 2 aromatic carbocycles. The number of allylic oxidation sites excluding steroid dienone is 3. The van der Waals surface area contributed by atoms with Crippen molar-refractivity contribution in [2.45, 2.75) is 125 Å². The average Bonchev–Trinajstić information content (AvgIpc) is 3.80. The molecule has 2 heterocycles. The molecule has 2 atom stereocenters. The van der Waals surface area contributed by atoms with Gasteiger partial charge in [-0.15, -0.1) is 32.3 Å². The monoisotopic (exact) mass is 832 g/mol. The van der Waals surface area contributed by atoms with Gasteiger partial charge in [0, 0.05) is 53.2 Å². The highest BCUT2D eigenvalue weighted by molar-refractivity contribution is 7.84. The summed E-state index contributed by atoms with van der Waals surface area (Å²) in [6.07, 6.45) is 24.9. The third-order valence-corrected chi connectivity index (χ3v) is 9.54. The zero-order valence-electron chi connectivity index (χ0n) is 38.2. The highest BCUT2D eigenvalue weighted by Crippen LogP contribution is 2.30. The van der Waals surface area contributed by atoms with Crippen molar-refractivity contribution in [3.63, 3.8) is 0 Å². The molecule has 3 aromatic rings. The molecular weight excluding hydrogens is 755 g/mol.